The van der Waals surface area contributed by atoms with Gasteiger partial charge in [-0.25, -0.2) is 4.99 Å². The van der Waals surface area contributed by atoms with Crippen molar-refractivity contribution >= 4 is 42.4 Å². The number of piperidine rings is 1. The number of halogens is 5. The summed E-state index contributed by atoms with van der Waals surface area (Å²) in [6.07, 6.45) is -1.58. The van der Waals surface area contributed by atoms with Crippen LogP contribution in [-0.2, 0) is 0 Å². The van der Waals surface area contributed by atoms with Gasteiger partial charge in [-0.05, 0) is 38.3 Å². The Morgan fingerprint density at radius 3 is 2.54 bits per heavy atom. The Morgan fingerprint density at radius 2 is 1.92 bits per heavy atom. The molecule has 0 spiro atoms. The zero-order valence-corrected chi connectivity index (χ0v) is 15.7. The maximum absolute atomic E-state index is 12.2. The van der Waals surface area contributed by atoms with Gasteiger partial charge in [0.15, 0.2) is 5.96 Å². The van der Waals surface area contributed by atoms with Crippen molar-refractivity contribution in [1.29, 1.82) is 0 Å². The maximum Gasteiger partial charge on any atom is 0.573 e. The average Bonchev–Trinajstić information content (AvgIpc) is 2.45. The van der Waals surface area contributed by atoms with Gasteiger partial charge in [0.25, 0.3) is 0 Å². The molecule has 2 rings (SSSR count). The number of nitrogens with zero attached hydrogens (tertiary/aromatic N) is 3. The van der Waals surface area contributed by atoms with Crippen LogP contribution in [0, 0.1) is 0 Å². The molecule has 1 aliphatic heterocycles. The van der Waals surface area contributed by atoms with Crippen LogP contribution in [0.4, 0.5) is 18.9 Å². The van der Waals surface area contributed by atoms with Gasteiger partial charge in [-0.1, -0.05) is 6.07 Å². The number of hydrogen-bond donors (Lipinski definition) is 2. The predicted octanol–water partition coefficient (Wildman–Crippen LogP) is 3.56. The van der Waals surface area contributed by atoms with Crippen molar-refractivity contribution in [3.05, 3.63) is 24.3 Å². The van der Waals surface area contributed by atoms with Crippen LogP contribution in [0.25, 0.3) is 0 Å². The van der Waals surface area contributed by atoms with Crippen LogP contribution in [0.5, 0.6) is 5.75 Å². The quantitative estimate of drug-likeness (QED) is 0.570. The number of guanidine groups is 2. The zero-order valence-electron chi connectivity index (χ0n) is 14.1. The molecule has 6 nitrogen and oxygen atoms in total. The average molecular weight is 416 g/mol. The van der Waals surface area contributed by atoms with Gasteiger partial charge in [0.1, 0.15) is 5.75 Å². The summed E-state index contributed by atoms with van der Waals surface area (Å²) >= 11 is 0. The Morgan fingerprint density at radius 1 is 1.23 bits per heavy atom. The normalized spacial score (nSPS) is 18.6. The van der Waals surface area contributed by atoms with E-state index < -0.39 is 6.36 Å². The highest BCUT2D eigenvalue weighted by Crippen LogP contribution is 2.26. The number of alkyl halides is 3. The monoisotopic (exact) mass is 415 g/mol. The van der Waals surface area contributed by atoms with Crippen LogP contribution in [0.2, 0.25) is 0 Å². The van der Waals surface area contributed by atoms with Gasteiger partial charge in [0.05, 0.1) is 5.69 Å². The van der Waals surface area contributed by atoms with E-state index in [1.807, 2.05) is 11.8 Å². The fourth-order valence-corrected chi connectivity index (χ4v) is 2.53. The number of rotatable bonds is 2. The fraction of sp³-hybridized carbons (Fsp3) is 0.467. The van der Waals surface area contributed by atoms with Crippen LogP contribution in [-0.4, -0.2) is 35.8 Å². The van der Waals surface area contributed by atoms with Gasteiger partial charge >= 0.3 is 6.36 Å². The third kappa shape index (κ3) is 7.57. The van der Waals surface area contributed by atoms with Crippen molar-refractivity contribution in [2.45, 2.75) is 38.6 Å². The molecule has 1 fully saturated rings. The second kappa shape index (κ2) is 10.3. The molecule has 0 bridgehead atoms. The minimum absolute atomic E-state index is 0. The zero-order chi connectivity index (χ0) is 17.7. The van der Waals surface area contributed by atoms with Crippen LogP contribution >= 0.6 is 24.8 Å². The molecule has 0 amide bonds. The SMILES string of the molecule is CC1CCCCN1/C(N)=N/C(N)=Nc1cccc(OC(F)(F)F)c1.Cl.Cl. The van der Waals surface area contributed by atoms with E-state index >= 15 is 0 Å². The summed E-state index contributed by atoms with van der Waals surface area (Å²) in [5.74, 6) is -0.251. The molecule has 148 valence electrons. The summed E-state index contributed by atoms with van der Waals surface area (Å²) in [5, 5.41) is 0. The van der Waals surface area contributed by atoms with Gasteiger partial charge in [-0.15, -0.1) is 38.0 Å². The van der Waals surface area contributed by atoms with Crippen molar-refractivity contribution in [1.82, 2.24) is 4.90 Å². The first-order chi connectivity index (χ1) is 11.2. The summed E-state index contributed by atoms with van der Waals surface area (Å²) in [4.78, 5) is 9.94. The summed E-state index contributed by atoms with van der Waals surface area (Å²) in [7, 11) is 0. The molecule has 11 heteroatoms. The third-order valence-electron chi connectivity index (χ3n) is 3.62. The molecule has 26 heavy (non-hydrogen) atoms. The molecule has 0 saturated carbocycles. The molecule has 1 aliphatic rings. The van der Waals surface area contributed by atoms with E-state index in [9.17, 15) is 13.2 Å². The van der Waals surface area contributed by atoms with Crippen LogP contribution in [0.1, 0.15) is 26.2 Å². The fourth-order valence-electron chi connectivity index (χ4n) is 2.53. The molecular weight excluding hydrogens is 394 g/mol. The van der Waals surface area contributed by atoms with Gasteiger partial charge in [0, 0.05) is 18.7 Å². The van der Waals surface area contributed by atoms with E-state index in [1.165, 1.54) is 18.2 Å². The Hall–Kier alpha value is -1.87. The maximum atomic E-state index is 12.2. The molecule has 1 aromatic carbocycles. The van der Waals surface area contributed by atoms with Crippen LogP contribution < -0.4 is 16.2 Å². The minimum atomic E-state index is -4.76. The lowest BCUT2D eigenvalue weighted by atomic mass is 10.0. The van der Waals surface area contributed by atoms with Crippen molar-refractivity contribution in [2.75, 3.05) is 6.54 Å². The second-order valence-electron chi connectivity index (χ2n) is 5.52. The van der Waals surface area contributed by atoms with E-state index in [4.69, 9.17) is 11.5 Å². The largest absolute Gasteiger partial charge is 0.573 e. The van der Waals surface area contributed by atoms with Gasteiger partial charge in [0.2, 0.25) is 5.96 Å². The number of aliphatic imine (C=N–C) groups is 2. The topological polar surface area (TPSA) is 89.2 Å². The lowest BCUT2D eigenvalue weighted by Crippen LogP contribution is -2.46. The lowest BCUT2D eigenvalue weighted by molar-refractivity contribution is -0.274. The molecule has 4 N–H and O–H groups in total. The molecule has 1 saturated heterocycles. The highest BCUT2D eigenvalue weighted by molar-refractivity contribution is 5.94. The standard InChI is InChI=1S/C15H20F3N5O.2ClH/c1-10-5-2-3-8-23(10)14(20)22-13(19)21-11-6-4-7-12(9-11)24-15(16,17)18;;/h4,6-7,9-10H,2-3,5,8H2,1H3,(H4,19,20,21,22);2*1H. The molecule has 1 aromatic rings. The Balaban J connectivity index is 0.00000312. The molecular formula is C15H22Cl2F3N5O. The van der Waals surface area contributed by atoms with Gasteiger partial charge in [-0.2, -0.15) is 4.99 Å². The number of hydrogen-bond acceptors (Lipinski definition) is 2. The van der Waals surface area contributed by atoms with Gasteiger partial charge < -0.3 is 21.1 Å². The van der Waals surface area contributed by atoms with E-state index in [-0.39, 0.29) is 54.2 Å². The Kier molecular flexibility index (Phi) is 9.58. The van der Waals surface area contributed by atoms with E-state index in [2.05, 4.69) is 14.7 Å². The molecule has 1 atom stereocenters. The Bertz CT molecular complexity index is 640. The van der Waals surface area contributed by atoms with E-state index in [0.29, 0.717) is 0 Å². The van der Waals surface area contributed by atoms with Crippen molar-refractivity contribution in [3.8, 4) is 5.75 Å². The molecule has 0 radical (unpaired) electrons. The first kappa shape index (κ1) is 24.1. The number of likely N-dealkylation sites (tertiary alicyclic amines) is 1. The lowest BCUT2D eigenvalue weighted by Gasteiger charge is -2.34. The summed E-state index contributed by atoms with van der Waals surface area (Å²) in [6.45, 7) is 2.84. The van der Waals surface area contributed by atoms with Crippen molar-refractivity contribution in [2.24, 2.45) is 21.5 Å². The van der Waals surface area contributed by atoms with Gasteiger partial charge in [-0.3, -0.25) is 0 Å². The van der Waals surface area contributed by atoms with E-state index in [0.717, 1.165) is 31.9 Å². The third-order valence-corrected chi connectivity index (χ3v) is 3.62. The summed E-state index contributed by atoms with van der Waals surface area (Å²) in [6, 6.07) is 5.43. The van der Waals surface area contributed by atoms with Crippen molar-refractivity contribution in [3.63, 3.8) is 0 Å². The predicted molar refractivity (Wildman–Crippen MR) is 101 cm³/mol. The molecule has 0 aromatic heterocycles. The number of ether oxygens (including phenoxy) is 1. The first-order valence-electron chi connectivity index (χ1n) is 7.55. The number of benzene rings is 1. The number of nitrogens with two attached hydrogens (primary N) is 2. The Labute approximate surface area is 162 Å². The smallest absolute Gasteiger partial charge is 0.406 e. The highest BCUT2D eigenvalue weighted by atomic mass is 35.5. The summed E-state index contributed by atoms with van der Waals surface area (Å²) in [5.41, 5.74) is 11.9. The van der Waals surface area contributed by atoms with Crippen LogP contribution in [0.3, 0.4) is 0 Å². The molecule has 1 unspecified atom stereocenters. The van der Waals surface area contributed by atoms with Crippen molar-refractivity contribution < 1.29 is 17.9 Å². The highest BCUT2D eigenvalue weighted by Gasteiger charge is 2.31. The van der Waals surface area contributed by atoms with Crippen LogP contribution in [0.15, 0.2) is 34.3 Å². The van der Waals surface area contributed by atoms with E-state index in [1.54, 1.807) is 0 Å². The summed E-state index contributed by atoms with van der Waals surface area (Å²) < 4.78 is 40.5. The second-order valence-corrected chi connectivity index (χ2v) is 5.52. The first-order valence-corrected chi connectivity index (χ1v) is 7.55. The molecule has 1 heterocycles. The minimum Gasteiger partial charge on any atom is -0.406 e. The molecule has 0 aliphatic carbocycles.